The minimum atomic E-state index is -4.53. The Kier molecular flexibility index (Phi) is 10.3. The smallest absolute Gasteiger partial charge is 0.378 e. The summed E-state index contributed by atoms with van der Waals surface area (Å²) < 4.78 is 52.2. The average molecular weight is 621 g/mol. The molecule has 3 aromatic rings. The number of nitrogens with zero attached hydrogens (tertiary/aromatic N) is 4. The van der Waals surface area contributed by atoms with Gasteiger partial charge in [0.1, 0.15) is 0 Å². The molecule has 3 aliphatic rings. The molecule has 0 N–H and O–H groups in total. The first-order chi connectivity index (χ1) is 20.1. The van der Waals surface area contributed by atoms with Crippen LogP contribution in [0.4, 0.5) is 18.0 Å². The minimum absolute atomic E-state index is 0.0116. The summed E-state index contributed by atoms with van der Waals surface area (Å²) >= 11 is 6.59. The van der Waals surface area contributed by atoms with Gasteiger partial charge in [0, 0.05) is 30.5 Å². The number of imide groups is 1. The van der Waals surface area contributed by atoms with E-state index in [4.69, 9.17) is 21.1 Å². The molecule has 3 aliphatic heterocycles. The molecule has 6 rings (SSSR count). The normalized spacial score (nSPS) is 18.8. The van der Waals surface area contributed by atoms with Gasteiger partial charge < -0.3 is 9.47 Å². The van der Waals surface area contributed by atoms with Gasteiger partial charge in [0.25, 0.3) is 11.1 Å². The molecule has 4 heterocycles. The van der Waals surface area contributed by atoms with Crippen molar-refractivity contribution in [1.82, 2.24) is 19.6 Å². The van der Waals surface area contributed by atoms with E-state index < -0.39 is 11.7 Å². The van der Waals surface area contributed by atoms with Gasteiger partial charge in [0.2, 0.25) is 0 Å². The topological polar surface area (TPSA) is 76.9 Å². The fourth-order valence-corrected chi connectivity index (χ4v) is 5.67. The molecule has 222 valence electrons. The number of ether oxygens (including phenoxy) is 2. The van der Waals surface area contributed by atoms with E-state index >= 15 is 0 Å². The second-order valence-corrected chi connectivity index (χ2v) is 10.9. The van der Waals surface area contributed by atoms with E-state index in [2.05, 4.69) is 22.8 Å². The Balaban J connectivity index is 0.000000281. The number of fused-ring (bicyclic) bond motifs is 2. The highest BCUT2D eigenvalue weighted by atomic mass is 35.5. The number of benzene rings is 2. The van der Waals surface area contributed by atoms with E-state index in [1.165, 1.54) is 23.9 Å². The van der Waals surface area contributed by atoms with Gasteiger partial charge in [-0.3, -0.25) is 24.1 Å². The lowest BCUT2D eigenvalue weighted by molar-refractivity contribution is -0.138. The molecule has 3 fully saturated rings. The second kappa shape index (κ2) is 13.8. The molecular formula is C29H28ClF3N4O4S. The predicted molar refractivity (Wildman–Crippen MR) is 156 cm³/mol. The highest BCUT2D eigenvalue weighted by molar-refractivity contribution is 8.18. The fourth-order valence-electron chi connectivity index (χ4n) is 4.67. The molecule has 0 radical (unpaired) electrons. The van der Waals surface area contributed by atoms with Crippen molar-refractivity contribution in [1.29, 1.82) is 0 Å². The fraction of sp³-hybridized carbons (Fsp3) is 0.345. The summed E-state index contributed by atoms with van der Waals surface area (Å²) in [4.78, 5) is 27.4. The van der Waals surface area contributed by atoms with Gasteiger partial charge in [-0.05, 0) is 53.2 Å². The van der Waals surface area contributed by atoms with Crippen LogP contribution in [0.1, 0.15) is 16.7 Å². The maximum Gasteiger partial charge on any atom is 0.416 e. The first-order valence-electron chi connectivity index (χ1n) is 12.9. The summed E-state index contributed by atoms with van der Waals surface area (Å²) in [5.74, 6) is -0.372. The summed E-state index contributed by atoms with van der Waals surface area (Å²) in [5, 5.41) is 4.57. The minimum Gasteiger partial charge on any atom is -0.378 e. The molecule has 0 spiro atoms. The number of halogens is 4. The molecular weight excluding hydrogens is 593 g/mol. The molecule has 0 bridgehead atoms. The Hall–Kier alpha value is -3.34. The van der Waals surface area contributed by atoms with E-state index in [1.54, 1.807) is 30.5 Å². The molecule has 0 atom stereocenters. The van der Waals surface area contributed by atoms with Crippen LogP contribution in [0.25, 0.3) is 17.0 Å². The molecule has 3 saturated heterocycles. The van der Waals surface area contributed by atoms with Gasteiger partial charge >= 0.3 is 6.18 Å². The van der Waals surface area contributed by atoms with Crippen LogP contribution >= 0.6 is 23.4 Å². The first kappa shape index (κ1) is 31.6. The van der Waals surface area contributed by atoms with Gasteiger partial charge in [-0.15, -0.1) is 12.8 Å². The Morgan fingerprint density at radius 2 is 1.79 bits per heavy atom. The summed E-state index contributed by atoms with van der Waals surface area (Å²) in [5.41, 5.74) is 0.574. The summed E-state index contributed by atoms with van der Waals surface area (Å²) in [6, 6.07) is 9.40. The summed E-state index contributed by atoms with van der Waals surface area (Å²) in [6.45, 7) is 5.62. The van der Waals surface area contributed by atoms with Gasteiger partial charge in [0.15, 0.2) is 0 Å². The maximum absolute atomic E-state index is 13.4. The van der Waals surface area contributed by atoms with Crippen molar-refractivity contribution in [2.24, 2.45) is 0 Å². The van der Waals surface area contributed by atoms with Crippen LogP contribution in [0.2, 0.25) is 5.02 Å². The number of carbonyl (C=O) groups is 2. The molecule has 0 aliphatic carbocycles. The molecule has 42 heavy (non-hydrogen) atoms. The monoisotopic (exact) mass is 620 g/mol. The standard InChI is InChI=1S/C20H13ClF3N3O2S.C7H13NO2.C2H2/c1-26-18(28)17(30-19(26)29)7-11-2-5-16-13(6-11)9-25-27(16)10-12-3-4-14(21)8-15(12)20(22,23)24;1-3-9-5-7-6-10-4-2-8(1)7;1-2/h2-9H,10H2,1H3;7H,1-6H2;1-2H/b17-7-;;. The van der Waals surface area contributed by atoms with Crippen molar-refractivity contribution in [2.45, 2.75) is 18.8 Å². The van der Waals surface area contributed by atoms with Crippen molar-refractivity contribution in [3.8, 4) is 12.8 Å². The third-order valence-corrected chi connectivity index (χ3v) is 8.03. The lowest BCUT2D eigenvalue weighted by Crippen LogP contribution is -2.52. The molecule has 2 amide bonds. The number of alkyl halides is 3. The molecule has 0 unspecified atom stereocenters. The van der Waals surface area contributed by atoms with Crippen LogP contribution in [-0.2, 0) is 27.0 Å². The average Bonchev–Trinajstić information content (AvgIpc) is 3.49. The number of thioether (sulfide) groups is 1. The van der Waals surface area contributed by atoms with E-state index in [9.17, 15) is 22.8 Å². The van der Waals surface area contributed by atoms with E-state index in [1.807, 2.05) is 0 Å². The van der Waals surface area contributed by atoms with Crippen molar-refractivity contribution < 1.29 is 32.2 Å². The van der Waals surface area contributed by atoms with Gasteiger partial charge in [-0.1, -0.05) is 23.7 Å². The lowest BCUT2D eigenvalue weighted by atomic mass is 10.1. The third-order valence-electron chi connectivity index (χ3n) is 6.83. The van der Waals surface area contributed by atoms with E-state index in [-0.39, 0.29) is 28.3 Å². The van der Waals surface area contributed by atoms with Crippen LogP contribution in [0, 0.1) is 12.8 Å². The number of likely N-dealkylation sites (N-methyl/N-ethyl adjacent to an activating group) is 1. The predicted octanol–water partition coefficient (Wildman–Crippen LogP) is 5.39. The third kappa shape index (κ3) is 7.35. The van der Waals surface area contributed by atoms with Crippen LogP contribution in [0.3, 0.4) is 0 Å². The zero-order valence-corrected chi connectivity index (χ0v) is 24.2. The zero-order valence-electron chi connectivity index (χ0n) is 22.6. The molecule has 13 heteroatoms. The van der Waals surface area contributed by atoms with Crippen molar-refractivity contribution >= 4 is 51.5 Å². The number of aromatic nitrogens is 2. The number of amides is 2. The van der Waals surface area contributed by atoms with E-state index in [0.717, 1.165) is 62.2 Å². The number of morpholine rings is 2. The van der Waals surface area contributed by atoms with Gasteiger partial charge in [0.05, 0.1) is 61.2 Å². The highest BCUT2D eigenvalue weighted by Gasteiger charge is 2.34. The molecule has 8 nitrogen and oxygen atoms in total. The van der Waals surface area contributed by atoms with Crippen LogP contribution < -0.4 is 0 Å². The van der Waals surface area contributed by atoms with Crippen molar-refractivity contribution in [3.63, 3.8) is 0 Å². The number of terminal acetylenes is 1. The molecule has 0 saturated carbocycles. The van der Waals surface area contributed by atoms with E-state index in [0.29, 0.717) is 27.4 Å². The maximum atomic E-state index is 13.4. The molecule has 2 aromatic carbocycles. The van der Waals surface area contributed by atoms with Crippen LogP contribution in [0.5, 0.6) is 0 Å². The summed E-state index contributed by atoms with van der Waals surface area (Å²) in [6.07, 6.45) is 6.62. The summed E-state index contributed by atoms with van der Waals surface area (Å²) in [7, 11) is 1.41. The number of rotatable bonds is 3. The van der Waals surface area contributed by atoms with Gasteiger partial charge in [-0.25, -0.2) is 0 Å². The largest absolute Gasteiger partial charge is 0.416 e. The Bertz CT molecular complexity index is 1480. The lowest BCUT2D eigenvalue weighted by Gasteiger charge is -2.38. The Morgan fingerprint density at radius 1 is 1.10 bits per heavy atom. The Labute approximate surface area is 250 Å². The van der Waals surface area contributed by atoms with Crippen LogP contribution in [0.15, 0.2) is 47.5 Å². The van der Waals surface area contributed by atoms with Crippen molar-refractivity contribution in [3.05, 3.63) is 69.2 Å². The first-order valence-corrected chi connectivity index (χ1v) is 14.1. The van der Waals surface area contributed by atoms with Crippen LogP contribution in [-0.4, -0.2) is 83.3 Å². The molecule has 1 aromatic heterocycles. The van der Waals surface area contributed by atoms with Gasteiger partial charge in [-0.2, -0.15) is 18.3 Å². The highest BCUT2D eigenvalue weighted by Crippen LogP contribution is 2.35. The number of hydrogen-bond acceptors (Lipinski definition) is 7. The SMILES string of the molecule is C#C.C1CN2CCOCC2CO1.CN1C(=O)S/C(=C\c2ccc3c(cnn3Cc3ccc(Cl)cc3C(F)(F)F)c2)C1=O. The van der Waals surface area contributed by atoms with Crippen molar-refractivity contribution in [2.75, 3.05) is 46.6 Å². The number of carbonyl (C=O) groups excluding carboxylic acids is 2. The Morgan fingerprint density at radius 3 is 2.38 bits per heavy atom. The number of hydrogen-bond donors (Lipinski definition) is 0. The zero-order chi connectivity index (χ0) is 30.4. The quantitative estimate of drug-likeness (QED) is 0.287. The second-order valence-electron chi connectivity index (χ2n) is 9.50.